The van der Waals surface area contributed by atoms with E-state index in [1.807, 2.05) is 12.3 Å². The molecule has 3 nitrogen and oxygen atoms in total. The number of nitrogens with zero attached hydrogens (tertiary/aromatic N) is 1. The number of nitrogens with two attached hydrogens (primary N) is 1. The average Bonchev–Trinajstić information content (AvgIpc) is 2.71. The third kappa shape index (κ3) is 2.21. The Kier molecular flexibility index (Phi) is 3.48. The van der Waals surface area contributed by atoms with Gasteiger partial charge in [-0.2, -0.15) is 0 Å². The van der Waals surface area contributed by atoms with E-state index in [1.165, 1.54) is 5.56 Å². The first kappa shape index (κ1) is 13.5. The van der Waals surface area contributed by atoms with Crippen molar-refractivity contribution in [3.05, 3.63) is 42.1 Å². The van der Waals surface area contributed by atoms with Crippen LogP contribution >= 0.6 is 0 Å². The smallest absolute Gasteiger partial charge is 0.0702 e. The van der Waals surface area contributed by atoms with Gasteiger partial charge in [0, 0.05) is 23.5 Å². The number of pyridine rings is 1. The number of benzene rings is 1. The zero-order valence-corrected chi connectivity index (χ0v) is 12.3. The summed E-state index contributed by atoms with van der Waals surface area (Å²) in [6, 6.07) is 10.4. The Labute approximate surface area is 120 Å². The molecule has 3 rings (SSSR count). The second kappa shape index (κ2) is 5.15. The largest absolute Gasteiger partial charge is 0.375 e. The van der Waals surface area contributed by atoms with Crippen molar-refractivity contribution >= 4 is 10.9 Å². The Morgan fingerprint density at radius 2 is 1.95 bits per heavy atom. The van der Waals surface area contributed by atoms with Crippen LogP contribution in [0.3, 0.4) is 0 Å². The van der Waals surface area contributed by atoms with Gasteiger partial charge in [-0.15, -0.1) is 0 Å². The number of fused-ring (bicyclic) bond motifs is 1. The van der Waals surface area contributed by atoms with E-state index < -0.39 is 0 Å². The molecule has 5 unspecified atom stereocenters. The van der Waals surface area contributed by atoms with Gasteiger partial charge in [-0.25, -0.2) is 0 Å². The van der Waals surface area contributed by atoms with Crippen molar-refractivity contribution in [2.24, 2.45) is 17.6 Å². The topological polar surface area (TPSA) is 48.1 Å². The minimum absolute atomic E-state index is 0.00885. The first-order chi connectivity index (χ1) is 9.58. The zero-order chi connectivity index (χ0) is 14.3. The van der Waals surface area contributed by atoms with Crippen LogP contribution in [0.15, 0.2) is 36.5 Å². The third-order valence-electron chi connectivity index (χ3n) is 4.75. The molecule has 1 saturated heterocycles. The van der Waals surface area contributed by atoms with E-state index in [0.29, 0.717) is 11.8 Å². The Morgan fingerprint density at radius 3 is 2.65 bits per heavy atom. The summed E-state index contributed by atoms with van der Waals surface area (Å²) < 4.78 is 5.92. The lowest BCUT2D eigenvalue weighted by molar-refractivity contribution is 0.0489. The van der Waals surface area contributed by atoms with Crippen LogP contribution in [0.1, 0.15) is 32.4 Å². The molecule has 106 valence electrons. The van der Waals surface area contributed by atoms with Gasteiger partial charge < -0.3 is 10.5 Å². The van der Waals surface area contributed by atoms with Crippen molar-refractivity contribution in [1.82, 2.24) is 4.98 Å². The third-order valence-corrected chi connectivity index (χ3v) is 4.75. The van der Waals surface area contributed by atoms with Gasteiger partial charge in [0.05, 0.1) is 17.7 Å². The molecule has 1 fully saturated rings. The molecule has 1 aromatic carbocycles. The van der Waals surface area contributed by atoms with Gasteiger partial charge >= 0.3 is 0 Å². The highest BCUT2D eigenvalue weighted by Crippen LogP contribution is 2.39. The molecule has 1 aromatic heterocycles. The number of aromatic nitrogens is 1. The molecule has 1 aliphatic heterocycles. The van der Waals surface area contributed by atoms with Crippen LogP contribution < -0.4 is 5.73 Å². The fraction of sp³-hybridized carbons (Fsp3) is 0.471. The van der Waals surface area contributed by atoms with Gasteiger partial charge in [-0.3, -0.25) is 4.98 Å². The fourth-order valence-electron chi connectivity index (χ4n) is 3.44. The van der Waals surface area contributed by atoms with Crippen LogP contribution in [-0.4, -0.2) is 17.2 Å². The maximum absolute atomic E-state index is 6.53. The molecule has 1 aliphatic rings. The Bertz CT molecular complexity index is 613. The van der Waals surface area contributed by atoms with Crippen molar-refractivity contribution in [2.75, 3.05) is 0 Å². The summed E-state index contributed by atoms with van der Waals surface area (Å²) in [7, 11) is 0. The molecular weight excluding hydrogens is 248 g/mol. The van der Waals surface area contributed by atoms with Gasteiger partial charge in [0.15, 0.2) is 0 Å². The monoisotopic (exact) mass is 270 g/mol. The van der Waals surface area contributed by atoms with E-state index in [4.69, 9.17) is 10.5 Å². The minimum atomic E-state index is 0.00885. The highest BCUT2D eigenvalue weighted by Gasteiger charge is 2.40. The number of hydrogen-bond donors (Lipinski definition) is 1. The molecule has 0 bridgehead atoms. The van der Waals surface area contributed by atoms with Gasteiger partial charge in [0.1, 0.15) is 0 Å². The average molecular weight is 270 g/mol. The predicted octanol–water partition coefficient (Wildman–Crippen LogP) is 3.29. The van der Waals surface area contributed by atoms with Crippen LogP contribution in [0.4, 0.5) is 0 Å². The lowest BCUT2D eigenvalue weighted by Gasteiger charge is -2.26. The van der Waals surface area contributed by atoms with E-state index in [9.17, 15) is 0 Å². The lowest BCUT2D eigenvalue weighted by atomic mass is 9.81. The van der Waals surface area contributed by atoms with Crippen molar-refractivity contribution in [3.63, 3.8) is 0 Å². The van der Waals surface area contributed by atoms with Crippen LogP contribution in [0.2, 0.25) is 0 Å². The van der Waals surface area contributed by atoms with Crippen molar-refractivity contribution in [3.8, 4) is 0 Å². The van der Waals surface area contributed by atoms with Crippen molar-refractivity contribution in [2.45, 2.75) is 39.0 Å². The molecule has 0 amide bonds. The van der Waals surface area contributed by atoms with Gasteiger partial charge in [-0.1, -0.05) is 19.1 Å². The van der Waals surface area contributed by atoms with Crippen molar-refractivity contribution < 1.29 is 4.74 Å². The summed E-state index contributed by atoms with van der Waals surface area (Å²) >= 11 is 0. The van der Waals surface area contributed by atoms with Crippen LogP contribution in [0.25, 0.3) is 10.9 Å². The van der Waals surface area contributed by atoms with E-state index in [1.54, 1.807) is 0 Å². The Balaban J connectivity index is 1.94. The summed E-state index contributed by atoms with van der Waals surface area (Å²) in [5.41, 5.74) is 8.72. The van der Waals surface area contributed by atoms with Crippen LogP contribution in [-0.2, 0) is 4.74 Å². The molecule has 0 spiro atoms. The molecule has 2 heterocycles. The molecule has 20 heavy (non-hydrogen) atoms. The van der Waals surface area contributed by atoms with Gasteiger partial charge in [0.25, 0.3) is 0 Å². The highest BCUT2D eigenvalue weighted by molar-refractivity contribution is 5.79. The second-order valence-corrected chi connectivity index (χ2v) is 5.96. The zero-order valence-electron chi connectivity index (χ0n) is 12.3. The minimum Gasteiger partial charge on any atom is -0.375 e. The first-order valence-electron chi connectivity index (χ1n) is 7.33. The SMILES string of the molecule is CC1OC(C)C(C(N)c2ccc3ncccc3c2)C1C. The first-order valence-corrected chi connectivity index (χ1v) is 7.33. The summed E-state index contributed by atoms with van der Waals surface area (Å²) in [4.78, 5) is 4.36. The number of hydrogen-bond acceptors (Lipinski definition) is 3. The highest BCUT2D eigenvalue weighted by atomic mass is 16.5. The van der Waals surface area contributed by atoms with E-state index in [-0.39, 0.29) is 18.2 Å². The lowest BCUT2D eigenvalue weighted by Crippen LogP contribution is -2.30. The molecule has 0 aliphatic carbocycles. The molecule has 3 heteroatoms. The van der Waals surface area contributed by atoms with Crippen LogP contribution in [0.5, 0.6) is 0 Å². The molecular formula is C17H22N2O. The molecule has 0 saturated carbocycles. The van der Waals surface area contributed by atoms with E-state index in [2.05, 4.69) is 50.0 Å². The van der Waals surface area contributed by atoms with Gasteiger partial charge in [-0.05, 0) is 43.5 Å². The second-order valence-electron chi connectivity index (χ2n) is 5.96. The quantitative estimate of drug-likeness (QED) is 0.911. The van der Waals surface area contributed by atoms with Gasteiger partial charge in [0.2, 0.25) is 0 Å². The van der Waals surface area contributed by atoms with E-state index >= 15 is 0 Å². The molecule has 5 atom stereocenters. The Hall–Kier alpha value is -1.45. The summed E-state index contributed by atoms with van der Waals surface area (Å²) in [5, 5.41) is 1.15. The Morgan fingerprint density at radius 1 is 1.15 bits per heavy atom. The molecule has 2 N–H and O–H groups in total. The summed E-state index contributed by atoms with van der Waals surface area (Å²) in [6.07, 6.45) is 2.31. The maximum Gasteiger partial charge on any atom is 0.0702 e. The summed E-state index contributed by atoms with van der Waals surface area (Å²) in [5.74, 6) is 0.837. The number of ether oxygens (including phenoxy) is 1. The standard InChI is InChI=1S/C17H22N2O/c1-10-11(2)20-12(3)16(10)17(18)14-6-7-15-13(9-14)5-4-8-19-15/h4-12,16-17H,18H2,1-3H3. The van der Waals surface area contributed by atoms with E-state index in [0.717, 1.165) is 10.9 Å². The maximum atomic E-state index is 6.53. The fourth-order valence-corrected chi connectivity index (χ4v) is 3.44. The predicted molar refractivity (Wildman–Crippen MR) is 81.3 cm³/mol. The molecule has 0 radical (unpaired) electrons. The van der Waals surface area contributed by atoms with Crippen LogP contribution in [0, 0.1) is 11.8 Å². The summed E-state index contributed by atoms with van der Waals surface area (Å²) in [6.45, 7) is 6.51. The number of rotatable bonds is 2. The molecule has 2 aromatic rings. The normalized spacial score (nSPS) is 31.6. The van der Waals surface area contributed by atoms with Crippen molar-refractivity contribution in [1.29, 1.82) is 0 Å².